The van der Waals surface area contributed by atoms with Gasteiger partial charge in [0.2, 0.25) is 0 Å². The minimum absolute atomic E-state index is 0.361. The third-order valence-electron chi connectivity index (χ3n) is 10.1. The normalized spacial score (nSPS) is 27.5. The maximum absolute atomic E-state index is 5.52. The Morgan fingerprint density at radius 3 is 2.21 bits per heavy atom. The van der Waals surface area contributed by atoms with Gasteiger partial charge in [0.05, 0.1) is 0 Å². The molecule has 0 N–H and O–H groups in total. The number of allylic oxidation sites excluding steroid dienone is 2. The van der Waals surface area contributed by atoms with Crippen LogP contribution in [0.15, 0.2) is 90.0 Å². The van der Waals surface area contributed by atoms with Crippen molar-refractivity contribution in [3.63, 3.8) is 0 Å². The van der Waals surface area contributed by atoms with Gasteiger partial charge >= 0.3 is 28.4 Å². The second-order valence-electron chi connectivity index (χ2n) is 12.2. The molecular formula is C37H44ClZr-3. The predicted molar refractivity (Wildman–Crippen MR) is 165 cm³/mol. The van der Waals surface area contributed by atoms with E-state index in [4.69, 9.17) is 11.6 Å². The van der Waals surface area contributed by atoms with E-state index in [1.165, 1.54) is 62.8 Å². The molecule has 0 bridgehead atoms. The third-order valence-corrected chi connectivity index (χ3v) is 10.4. The number of rotatable bonds is 0. The zero-order valence-corrected chi connectivity index (χ0v) is 27.4. The van der Waals surface area contributed by atoms with Crippen LogP contribution in [0.2, 0.25) is 5.02 Å². The molecule has 0 amide bonds. The molecule has 7 rings (SSSR count). The second-order valence-corrected chi connectivity index (χ2v) is 12.6. The van der Waals surface area contributed by atoms with Crippen LogP contribution in [-0.4, -0.2) is 4.21 Å². The Balaban J connectivity index is 0.000000207. The van der Waals surface area contributed by atoms with Crippen LogP contribution in [0.5, 0.6) is 0 Å². The number of hydrogen-bond acceptors (Lipinski definition) is 0. The molecule has 2 fully saturated rings. The summed E-state index contributed by atoms with van der Waals surface area (Å²) in [6.07, 6.45) is 8.52. The van der Waals surface area contributed by atoms with Gasteiger partial charge in [0.15, 0.2) is 0 Å². The van der Waals surface area contributed by atoms with Crippen LogP contribution in [0.4, 0.5) is 0 Å². The van der Waals surface area contributed by atoms with Gasteiger partial charge < -0.3 is 0 Å². The molecule has 0 radical (unpaired) electrons. The van der Waals surface area contributed by atoms with Crippen molar-refractivity contribution in [1.82, 2.24) is 0 Å². The standard InChI is InChI=1S/C25H33.C6H4Cl.C5H5.CH2.Zr/c1-15-13-21-19-11-7-8-12-20(19)24-18-10-6-5-9-17(18)14-22(24)23(21)16(2)25(15,3)4;7-6-4-2-1-3-5-6;1-2-4-5-3-1;;/h5-6,9-10,15,19-21,24H,7-8,11-14H2,1-4H3;2-5H;1-5H;1H2;/q3*-1;;. The van der Waals surface area contributed by atoms with Crippen molar-refractivity contribution in [2.75, 3.05) is 0 Å². The topological polar surface area (TPSA) is 0 Å². The molecule has 0 saturated heterocycles. The van der Waals surface area contributed by atoms with E-state index in [0.29, 0.717) is 5.41 Å². The summed E-state index contributed by atoms with van der Waals surface area (Å²) in [5.41, 5.74) is 7.35. The van der Waals surface area contributed by atoms with E-state index in [2.05, 4.69) is 62.2 Å². The Hall–Kier alpha value is -1.56. The quantitative estimate of drug-likeness (QED) is 0.221. The molecule has 2 saturated carbocycles. The second kappa shape index (κ2) is 13.9. The molecule has 0 spiro atoms. The summed E-state index contributed by atoms with van der Waals surface area (Å²) in [6.45, 7) is 9.99. The van der Waals surface area contributed by atoms with E-state index in [-0.39, 0.29) is 0 Å². The summed E-state index contributed by atoms with van der Waals surface area (Å²) in [6, 6.07) is 29.4. The fraction of sp³-hybridized carbons (Fsp3) is 0.432. The molecule has 0 aliphatic heterocycles. The number of halogens is 1. The van der Waals surface area contributed by atoms with Crippen LogP contribution >= 0.6 is 11.6 Å². The van der Waals surface area contributed by atoms with Crippen molar-refractivity contribution in [1.29, 1.82) is 0 Å². The van der Waals surface area contributed by atoms with Crippen molar-refractivity contribution in [3.8, 4) is 0 Å². The van der Waals surface area contributed by atoms with Gasteiger partial charge in [-0.2, -0.15) is 48.5 Å². The Labute approximate surface area is 258 Å². The molecule has 4 aliphatic carbocycles. The van der Waals surface area contributed by atoms with Crippen LogP contribution in [0, 0.1) is 41.1 Å². The molecule has 206 valence electrons. The van der Waals surface area contributed by atoms with Crippen molar-refractivity contribution in [2.45, 2.75) is 72.1 Å². The van der Waals surface area contributed by atoms with Crippen molar-refractivity contribution < 1.29 is 24.2 Å². The third kappa shape index (κ3) is 6.52. The number of hydrogen-bond donors (Lipinski definition) is 0. The monoisotopic (exact) mass is 613 g/mol. The summed E-state index contributed by atoms with van der Waals surface area (Å²) < 4.78 is 3.34. The minimum atomic E-state index is 0.361. The van der Waals surface area contributed by atoms with Gasteiger partial charge in [0, 0.05) is 0 Å². The smallest absolute Gasteiger partial charge is 0.172 e. The molecule has 0 nitrogen and oxygen atoms in total. The molecule has 4 aliphatic rings. The van der Waals surface area contributed by atoms with Gasteiger partial charge in [-0.1, -0.05) is 104 Å². The first-order valence-electron chi connectivity index (χ1n) is 14.7. The van der Waals surface area contributed by atoms with E-state index >= 15 is 0 Å². The maximum Gasteiger partial charge on any atom is -0.172 e. The SMILES string of the molecule is C[C-]1C2=C3Cc4ccccc4C3C3CCCCC3C2CC(C)C1(C)C.Clc1cc[c-]cc1.[CH2]=[Zr].c1cc[cH-]c1. The minimum Gasteiger partial charge on any atom is -0.214 e. The first-order chi connectivity index (χ1) is 18.9. The van der Waals surface area contributed by atoms with Crippen LogP contribution in [0.3, 0.4) is 0 Å². The van der Waals surface area contributed by atoms with Crippen molar-refractivity contribution in [3.05, 3.63) is 118 Å². The van der Waals surface area contributed by atoms with Crippen LogP contribution in [0.1, 0.15) is 76.8 Å². The molecule has 3 aromatic carbocycles. The van der Waals surface area contributed by atoms with Gasteiger partial charge in [-0.05, 0) is 30.6 Å². The van der Waals surface area contributed by atoms with E-state index in [9.17, 15) is 0 Å². The van der Waals surface area contributed by atoms with Gasteiger partial charge in [-0.3, -0.25) is 0 Å². The molecule has 5 atom stereocenters. The van der Waals surface area contributed by atoms with E-state index in [0.717, 1.165) is 34.6 Å². The summed E-state index contributed by atoms with van der Waals surface area (Å²) in [5.74, 6) is 6.00. The molecule has 2 heteroatoms. The zero-order chi connectivity index (χ0) is 28.0. The average molecular weight is 615 g/mol. The van der Waals surface area contributed by atoms with Crippen LogP contribution in [-0.2, 0) is 30.7 Å². The fourth-order valence-corrected chi connectivity index (χ4v) is 7.82. The summed E-state index contributed by atoms with van der Waals surface area (Å²) in [4.78, 5) is 0. The first kappa shape index (κ1) is 30.4. The van der Waals surface area contributed by atoms with E-state index in [1.807, 2.05) is 41.5 Å². The average Bonchev–Trinajstić information content (AvgIpc) is 3.66. The van der Waals surface area contributed by atoms with Crippen LogP contribution < -0.4 is 0 Å². The largest absolute Gasteiger partial charge is 0.214 e. The fourth-order valence-electron chi connectivity index (χ4n) is 7.70. The molecule has 0 heterocycles. The van der Waals surface area contributed by atoms with E-state index < -0.39 is 0 Å². The zero-order valence-electron chi connectivity index (χ0n) is 24.2. The maximum atomic E-state index is 5.52. The summed E-state index contributed by atoms with van der Waals surface area (Å²) >= 11 is 6.82. The van der Waals surface area contributed by atoms with Crippen LogP contribution in [0.25, 0.3) is 0 Å². The van der Waals surface area contributed by atoms with Crippen molar-refractivity contribution in [2.24, 2.45) is 29.1 Å². The first-order valence-corrected chi connectivity index (χ1v) is 16.8. The Kier molecular flexibility index (Phi) is 10.8. The molecule has 5 unspecified atom stereocenters. The predicted octanol–water partition coefficient (Wildman–Crippen LogP) is 10.2. The van der Waals surface area contributed by atoms with Crippen molar-refractivity contribution >= 4 is 15.8 Å². The molecule has 39 heavy (non-hydrogen) atoms. The number of benzene rings is 2. The molecule has 3 aromatic rings. The van der Waals surface area contributed by atoms with E-state index in [1.54, 1.807) is 41.3 Å². The number of fused-ring (bicyclic) bond motifs is 7. The summed E-state index contributed by atoms with van der Waals surface area (Å²) in [5, 5.41) is 0.763. The Bertz CT molecular complexity index is 1170. The summed E-state index contributed by atoms with van der Waals surface area (Å²) in [7, 11) is 0. The van der Waals surface area contributed by atoms with Gasteiger partial charge in [-0.15, -0.1) is 18.5 Å². The Morgan fingerprint density at radius 1 is 0.974 bits per heavy atom. The Morgan fingerprint density at radius 2 is 1.62 bits per heavy atom. The molecule has 0 aromatic heterocycles. The molecular weight excluding hydrogens is 571 g/mol. The van der Waals surface area contributed by atoms with Gasteiger partial charge in [0.1, 0.15) is 0 Å². The van der Waals surface area contributed by atoms with Gasteiger partial charge in [0.25, 0.3) is 0 Å². The van der Waals surface area contributed by atoms with Gasteiger partial charge in [-0.25, -0.2) is 29.2 Å².